The summed E-state index contributed by atoms with van der Waals surface area (Å²) in [6.07, 6.45) is 6.34. The van der Waals surface area contributed by atoms with Crippen LogP contribution in [0.25, 0.3) is 0 Å². The van der Waals surface area contributed by atoms with Crippen LogP contribution in [0.1, 0.15) is 32.1 Å². The summed E-state index contributed by atoms with van der Waals surface area (Å²) < 4.78 is 5.25. The number of nitrogens with two attached hydrogens (primary N) is 1. The maximum atomic E-state index is 5.66. The molecule has 0 radical (unpaired) electrons. The van der Waals surface area contributed by atoms with Gasteiger partial charge in [0.15, 0.2) is 0 Å². The highest BCUT2D eigenvalue weighted by atomic mass is 16.5. The third-order valence-electron chi connectivity index (χ3n) is 3.79. The van der Waals surface area contributed by atoms with Crippen LogP contribution >= 0.6 is 0 Å². The van der Waals surface area contributed by atoms with Crippen molar-refractivity contribution in [2.45, 2.75) is 43.7 Å². The fourth-order valence-corrected chi connectivity index (χ4v) is 2.80. The monoisotopic (exact) mass is 215 g/mol. The number of likely N-dealkylation sites (N-methyl/N-ethyl adjacent to an activating group) is 1. The standard InChI is InChI=1S/C11H25N3O/c1-14(2)11(7-5-4-6-8-11)10(13-12)9-15-3/h10,13H,4-9,12H2,1-3H3. The minimum Gasteiger partial charge on any atom is -0.383 e. The molecule has 1 fully saturated rings. The minimum atomic E-state index is 0.170. The second-order valence-corrected chi connectivity index (χ2v) is 4.73. The Balaban J connectivity index is 2.77. The molecule has 4 heteroatoms. The number of hydrogen-bond acceptors (Lipinski definition) is 4. The molecule has 1 unspecified atom stereocenters. The first-order valence-corrected chi connectivity index (χ1v) is 5.80. The molecule has 1 rings (SSSR count). The Hall–Kier alpha value is -0.160. The number of rotatable bonds is 5. The molecule has 0 bridgehead atoms. The highest BCUT2D eigenvalue weighted by Gasteiger charge is 2.41. The number of hydrazine groups is 1. The van der Waals surface area contributed by atoms with E-state index in [1.807, 2.05) is 0 Å². The quantitative estimate of drug-likeness (QED) is 0.524. The van der Waals surface area contributed by atoms with Crippen LogP contribution in [0.15, 0.2) is 0 Å². The molecular formula is C11H25N3O. The molecule has 1 saturated carbocycles. The Morgan fingerprint density at radius 1 is 1.33 bits per heavy atom. The third kappa shape index (κ3) is 2.69. The van der Waals surface area contributed by atoms with Crippen molar-refractivity contribution in [2.24, 2.45) is 5.84 Å². The van der Waals surface area contributed by atoms with Crippen molar-refractivity contribution in [3.63, 3.8) is 0 Å². The Morgan fingerprint density at radius 2 is 1.93 bits per heavy atom. The molecule has 1 aliphatic carbocycles. The highest BCUT2D eigenvalue weighted by molar-refractivity contribution is 4.99. The van der Waals surface area contributed by atoms with Gasteiger partial charge in [-0.2, -0.15) is 0 Å². The topological polar surface area (TPSA) is 50.5 Å². The van der Waals surface area contributed by atoms with Gasteiger partial charge >= 0.3 is 0 Å². The third-order valence-corrected chi connectivity index (χ3v) is 3.79. The van der Waals surface area contributed by atoms with Crippen LogP contribution in [0.5, 0.6) is 0 Å². The fraction of sp³-hybridized carbons (Fsp3) is 1.00. The summed E-state index contributed by atoms with van der Waals surface area (Å²) >= 11 is 0. The molecule has 1 atom stereocenters. The van der Waals surface area contributed by atoms with Crippen LogP contribution in [-0.2, 0) is 4.74 Å². The Kier molecular flexibility index (Phi) is 4.99. The van der Waals surface area contributed by atoms with Crippen molar-refractivity contribution < 1.29 is 4.74 Å². The largest absolute Gasteiger partial charge is 0.383 e. The van der Waals surface area contributed by atoms with E-state index in [0.717, 1.165) is 0 Å². The van der Waals surface area contributed by atoms with E-state index in [-0.39, 0.29) is 11.6 Å². The van der Waals surface area contributed by atoms with Crippen molar-refractivity contribution in [3.8, 4) is 0 Å². The second kappa shape index (κ2) is 5.80. The Bertz CT molecular complexity index is 179. The van der Waals surface area contributed by atoms with Crippen LogP contribution < -0.4 is 11.3 Å². The molecule has 1 aliphatic rings. The molecule has 3 N–H and O–H groups in total. The zero-order valence-electron chi connectivity index (χ0n) is 10.3. The molecule has 0 aromatic heterocycles. The van der Waals surface area contributed by atoms with Crippen LogP contribution in [-0.4, -0.2) is 44.3 Å². The van der Waals surface area contributed by atoms with Gasteiger partial charge in [0.2, 0.25) is 0 Å². The lowest BCUT2D eigenvalue weighted by molar-refractivity contribution is 0.0201. The van der Waals surface area contributed by atoms with Gasteiger partial charge in [-0.15, -0.1) is 0 Å². The van der Waals surface area contributed by atoms with Gasteiger partial charge in [0.1, 0.15) is 0 Å². The summed E-state index contributed by atoms with van der Waals surface area (Å²) in [6.45, 7) is 0.675. The number of methoxy groups -OCH3 is 1. The van der Waals surface area contributed by atoms with E-state index >= 15 is 0 Å². The number of nitrogens with one attached hydrogen (secondary N) is 1. The first kappa shape index (κ1) is 12.9. The van der Waals surface area contributed by atoms with Gasteiger partial charge in [-0.1, -0.05) is 19.3 Å². The van der Waals surface area contributed by atoms with Crippen LogP contribution in [0, 0.1) is 0 Å². The van der Waals surface area contributed by atoms with Gasteiger partial charge in [-0.05, 0) is 26.9 Å². The van der Waals surface area contributed by atoms with E-state index in [2.05, 4.69) is 24.4 Å². The van der Waals surface area contributed by atoms with Gasteiger partial charge in [-0.25, -0.2) is 0 Å². The maximum Gasteiger partial charge on any atom is 0.0647 e. The van der Waals surface area contributed by atoms with E-state index in [1.54, 1.807) is 7.11 Å². The molecule has 0 aromatic rings. The fourth-order valence-electron chi connectivity index (χ4n) is 2.80. The lowest BCUT2D eigenvalue weighted by Crippen LogP contribution is -2.63. The predicted molar refractivity (Wildman–Crippen MR) is 62.5 cm³/mol. The van der Waals surface area contributed by atoms with Gasteiger partial charge < -0.3 is 9.64 Å². The van der Waals surface area contributed by atoms with Crippen LogP contribution in [0.4, 0.5) is 0 Å². The Morgan fingerprint density at radius 3 is 2.33 bits per heavy atom. The van der Waals surface area contributed by atoms with Crippen molar-refractivity contribution in [1.29, 1.82) is 0 Å². The van der Waals surface area contributed by atoms with Crippen molar-refractivity contribution in [1.82, 2.24) is 10.3 Å². The first-order chi connectivity index (χ1) is 7.17. The molecular weight excluding hydrogens is 190 g/mol. The summed E-state index contributed by atoms with van der Waals surface area (Å²) in [5, 5.41) is 0. The molecule has 4 nitrogen and oxygen atoms in total. The molecule has 0 amide bonds. The molecule has 0 aromatic carbocycles. The van der Waals surface area contributed by atoms with E-state index in [4.69, 9.17) is 10.6 Å². The molecule has 0 saturated heterocycles. The number of ether oxygens (including phenoxy) is 1. The maximum absolute atomic E-state index is 5.66. The van der Waals surface area contributed by atoms with E-state index in [1.165, 1.54) is 32.1 Å². The molecule has 0 spiro atoms. The van der Waals surface area contributed by atoms with Gasteiger partial charge in [0, 0.05) is 12.6 Å². The molecule has 90 valence electrons. The average Bonchev–Trinajstić information content (AvgIpc) is 2.26. The SMILES string of the molecule is COCC(NN)C1(N(C)C)CCCCC1. The number of hydrogen-bond donors (Lipinski definition) is 2. The highest BCUT2D eigenvalue weighted by Crippen LogP contribution is 2.34. The molecule has 15 heavy (non-hydrogen) atoms. The second-order valence-electron chi connectivity index (χ2n) is 4.73. The van der Waals surface area contributed by atoms with Crippen molar-refractivity contribution >= 4 is 0 Å². The van der Waals surface area contributed by atoms with E-state index in [9.17, 15) is 0 Å². The minimum absolute atomic E-state index is 0.170. The van der Waals surface area contributed by atoms with Gasteiger partial charge in [0.05, 0.1) is 12.6 Å². The van der Waals surface area contributed by atoms with Gasteiger partial charge in [-0.3, -0.25) is 11.3 Å². The predicted octanol–water partition coefficient (Wildman–Crippen LogP) is 0.729. The summed E-state index contributed by atoms with van der Waals surface area (Å²) in [5.74, 6) is 5.66. The molecule has 0 heterocycles. The average molecular weight is 215 g/mol. The molecule has 0 aliphatic heterocycles. The summed E-state index contributed by atoms with van der Waals surface area (Å²) in [6, 6.07) is 0.220. The normalized spacial score (nSPS) is 23.0. The van der Waals surface area contributed by atoms with Crippen molar-refractivity contribution in [3.05, 3.63) is 0 Å². The Labute approximate surface area is 93.1 Å². The van der Waals surface area contributed by atoms with E-state index in [0.29, 0.717) is 6.61 Å². The van der Waals surface area contributed by atoms with Crippen molar-refractivity contribution in [2.75, 3.05) is 27.8 Å². The zero-order valence-corrected chi connectivity index (χ0v) is 10.3. The van der Waals surface area contributed by atoms with E-state index < -0.39 is 0 Å². The number of nitrogens with zero attached hydrogens (tertiary/aromatic N) is 1. The zero-order chi connectivity index (χ0) is 11.3. The summed E-state index contributed by atoms with van der Waals surface area (Å²) in [4.78, 5) is 2.32. The van der Waals surface area contributed by atoms with Crippen LogP contribution in [0.2, 0.25) is 0 Å². The first-order valence-electron chi connectivity index (χ1n) is 5.80. The van der Waals surface area contributed by atoms with Gasteiger partial charge in [0.25, 0.3) is 0 Å². The van der Waals surface area contributed by atoms with Crippen LogP contribution in [0.3, 0.4) is 0 Å². The smallest absolute Gasteiger partial charge is 0.0647 e. The summed E-state index contributed by atoms with van der Waals surface area (Å²) in [5.41, 5.74) is 3.10. The summed E-state index contributed by atoms with van der Waals surface area (Å²) in [7, 11) is 6.02. The lowest BCUT2D eigenvalue weighted by atomic mass is 9.75. The lowest BCUT2D eigenvalue weighted by Gasteiger charge is -2.48.